The van der Waals surface area contributed by atoms with Crippen molar-refractivity contribution in [3.63, 3.8) is 0 Å². The van der Waals surface area contributed by atoms with Gasteiger partial charge in [0.15, 0.2) is 0 Å². The maximum atomic E-state index is 13.9. The van der Waals surface area contributed by atoms with Crippen LogP contribution in [0.25, 0.3) is 0 Å². The van der Waals surface area contributed by atoms with Crippen LogP contribution in [0, 0.1) is 5.82 Å². The van der Waals surface area contributed by atoms with Crippen LogP contribution in [0.5, 0.6) is 0 Å². The zero-order chi connectivity index (χ0) is 17.3. The average molecular weight is 396 g/mol. The lowest BCUT2D eigenvalue weighted by Crippen LogP contribution is -2.39. The summed E-state index contributed by atoms with van der Waals surface area (Å²) in [6, 6.07) is 4.34. The predicted molar refractivity (Wildman–Crippen MR) is 87.5 cm³/mol. The highest BCUT2D eigenvalue weighted by molar-refractivity contribution is 9.10. The summed E-state index contributed by atoms with van der Waals surface area (Å²) in [6.07, 6.45) is 4.10. The molecule has 0 spiro atoms. The molecule has 0 aliphatic carbocycles. The minimum atomic E-state index is -1.01. The molecule has 0 bridgehead atoms. The van der Waals surface area contributed by atoms with Gasteiger partial charge in [-0.05, 0) is 31.0 Å². The number of aromatic nitrogens is 2. The van der Waals surface area contributed by atoms with Gasteiger partial charge in [0, 0.05) is 23.8 Å². The molecule has 0 radical (unpaired) electrons. The summed E-state index contributed by atoms with van der Waals surface area (Å²) >= 11 is 3.25. The van der Waals surface area contributed by atoms with Crippen molar-refractivity contribution in [2.45, 2.75) is 18.9 Å². The van der Waals surface area contributed by atoms with E-state index in [1.54, 1.807) is 15.6 Å². The predicted octanol–water partition coefficient (Wildman–Crippen LogP) is 2.96. The molecule has 1 saturated heterocycles. The number of aromatic carboxylic acids is 1. The molecule has 1 amide bonds. The number of carboxylic acid groups (broad SMARTS) is 1. The summed E-state index contributed by atoms with van der Waals surface area (Å²) < 4.78 is 16.1. The zero-order valence-corrected chi connectivity index (χ0v) is 14.2. The fourth-order valence-electron chi connectivity index (χ4n) is 2.81. The maximum Gasteiger partial charge on any atom is 0.338 e. The van der Waals surface area contributed by atoms with Crippen LogP contribution >= 0.6 is 15.9 Å². The number of rotatable bonds is 3. The summed E-state index contributed by atoms with van der Waals surface area (Å²) in [7, 11) is 0. The van der Waals surface area contributed by atoms with E-state index in [9.17, 15) is 14.0 Å². The van der Waals surface area contributed by atoms with Crippen LogP contribution in [0.2, 0.25) is 0 Å². The quantitative estimate of drug-likeness (QED) is 0.866. The lowest BCUT2D eigenvalue weighted by atomic mass is 10.0. The van der Waals surface area contributed by atoms with Crippen LogP contribution in [0.1, 0.15) is 39.6 Å². The molecule has 1 aromatic carbocycles. The Labute approximate surface area is 146 Å². The molecule has 6 nitrogen and oxygen atoms in total. The van der Waals surface area contributed by atoms with Gasteiger partial charge in [-0.2, -0.15) is 5.10 Å². The highest BCUT2D eigenvalue weighted by Crippen LogP contribution is 2.25. The Morgan fingerprint density at radius 3 is 2.62 bits per heavy atom. The molecule has 126 valence electrons. The van der Waals surface area contributed by atoms with Crippen LogP contribution in [-0.4, -0.2) is 44.8 Å². The van der Waals surface area contributed by atoms with Gasteiger partial charge in [-0.1, -0.05) is 15.9 Å². The molecule has 1 aliphatic rings. The summed E-state index contributed by atoms with van der Waals surface area (Å²) in [5.74, 6) is -1.89. The first kappa shape index (κ1) is 16.6. The third-order valence-electron chi connectivity index (χ3n) is 4.13. The van der Waals surface area contributed by atoms with Gasteiger partial charge in [-0.15, -0.1) is 0 Å². The smallest absolute Gasteiger partial charge is 0.338 e. The Morgan fingerprint density at radius 1 is 1.29 bits per heavy atom. The average Bonchev–Trinajstić information content (AvgIpc) is 3.07. The van der Waals surface area contributed by atoms with E-state index in [-0.39, 0.29) is 23.1 Å². The van der Waals surface area contributed by atoms with Crippen LogP contribution in [0.3, 0.4) is 0 Å². The molecule has 1 aromatic heterocycles. The maximum absolute atomic E-state index is 13.9. The van der Waals surface area contributed by atoms with Crippen LogP contribution in [0.4, 0.5) is 4.39 Å². The fraction of sp³-hybridized carbons (Fsp3) is 0.312. The number of hydrogen-bond donors (Lipinski definition) is 1. The SMILES string of the molecule is O=C(O)c1cnn(C2CCN(C(=O)c3cc(Br)ccc3F)CC2)c1. The van der Waals surface area contributed by atoms with Crippen molar-refractivity contribution in [1.29, 1.82) is 0 Å². The molecule has 2 heterocycles. The third-order valence-corrected chi connectivity index (χ3v) is 4.63. The number of carbonyl (C=O) groups excluding carboxylic acids is 1. The molecule has 3 rings (SSSR count). The Balaban J connectivity index is 1.67. The first-order valence-electron chi connectivity index (χ1n) is 7.47. The van der Waals surface area contributed by atoms with E-state index in [4.69, 9.17) is 5.11 Å². The van der Waals surface area contributed by atoms with Gasteiger partial charge in [0.05, 0.1) is 23.4 Å². The van der Waals surface area contributed by atoms with E-state index in [1.165, 1.54) is 24.5 Å². The van der Waals surface area contributed by atoms with E-state index in [0.717, 1.165) is 0 Å². The van der Waals surface area contributed by atoms with Crippen molar-refractivity contribution in [3.05, 3.63) is 52.0 Å². The lowest BCUT2D eigenvalue weighted by Gasteiger charge is -2.32. The second kappa shape index (κ2) is 6.72. The number of carboxylic acids is 1. The van der Waals surface area contributed by atoms with Gasteiger partial charge in [-0.3, -0.25) is 9.48 Å². The van der Waals surface area contributed by atoms with E-state index in [1.807, 2.05) is 0 Å². The zero-order valence-electron chi connectivity index (χ0n) is 12.7. The Morgan fingerprint density at radius 2 is 2.00 bits per heavy atom. The molecule has 0 unspecified atom stereocenters. The van der Waals surface area contributed by atoms with Gasteiger partial charge in [0.2, 0.25) is 0 Å². The topological polar surface area (TPSA) is 75.4 Å². The van der Waals surface area contributed by atoms with Gasteiger partial charge in [0.25, 0.3) is 5.91 Å². The first-order chi connectivity index (χ1) is 11.5. The van der Waals surface area contributed by atoms with E-state index in [0.29, 0.717) is 30.4 Å². The van der Waals surface area contributed by atoms with E-state index < -0.39 is 11.8 Å². The monoisotopic (exact) mass is 395 g/mol. The van der Waals surface area contributed by atoms with Crippen LogP contribution < -0.4 is 0 Å². The molecular weight excluding hydrogens is 381 g/mol. The lowest BCUT2D eigenvalue weighted by molar-refractivity contribution is 0.0684. The number of benzene rings is 1. The number of likely N-dealkylation sites (tertiary alicyclic amines) is 1. The van der Waals surface area contributed by atoms with Crippen molar-refractivity contribution in [2.24, 2.45) is 0 Å². The third kappa shape index (κ3) is 3.33. The van der Waals surface area contributed by atoms with Crippen molar-refractivity contribution < 1.29 is 19.1 Å². The summed E-state index contributed by atoms with van der Waals surface area (Å²) in [5, 5.41) is 13.0. The first-order valence-corrected chi connectivity index (χ1v) is 8.27. The standard InChI is InChI=1S/C16H15BrFN3O3/c17-11-1-2-14(18)13(7-11)15(22)20-5-3-12(4-6-20)21-9-10(8-19-21)16(23)24/h1-2,7-9,12H,3-6H2,(H,23,24). The van der Waals surface area contributed by atoms with Gasteiger partial charge in [0.1, 0.15) is 5.82 Å². The highest BCUT2D eigenvalue weighted by Gasteiger charge is 2.27. The molecule has 0 atom stereocenters. The highest BCUT2D eigenvalue weighted by atomic mass is 79.9. The molecule has 1 N–H and O–H groups in total. The molecule has 2 aromatic rings. The molecule has 1 fully saturated rings. The Kier molecular flexibility index (Phi) is 4.66. The van der Waals surface area contributed by atoms with Gasteiger partial charge < -0.3 is 10.0 Å². The minimum Gasteiger partial charge on any atom is -0.478 e. The fourth-order valence-corrected chi connectivity index (χ4v) is 3.17. The molecule has 1 aliphatic heterocycles. The molecule has 24 heavy (non-hydrogen) atoms. The largest absolute Gasteiger partial charge is 0.478 e. The number of amides is 1. The second-order valence-corrected chi connectivity index (χ2v) is 6.58. The van der Waals surface area contributed by atoms with Gasteiger partial charge in [-0.25, -0.2) is 9.18 Å². The second-order valence-electron chi connectivity index (χ2n) is 5.66. The molecule has 8 heteroatoms. The van der Waals surface area contributed by atoms with Crippen molar-refractivity contribution >= 4 is 27.8 Å². The number of halogens is 2. The Hall–Kier alpha value is -2.22. The van der Waals surface area contributed by atoms with Crippen molar-refractivity contribution in [3.8, 4) is 0 Å². The van der Waals surface area contributed by atoms with E-state index >= 15 is 0 Å². The van der Waals surface area contributed by atoms with Crippen molar-refractivity contribution in [1.82, 2.24) is 14.7 Å². The number of carbonyl (C=O) groups is 2. The number of hydrogen-bond acceptors (Lipinski definition) is 3. The molecule has 0 saturated carbocycles. The normalized spacial score (nSPS) is 15.5. The van der Waals surface area contributed by atoms with Crippen molar-refractivity contribution in [2.75, 3.05) is 13.1 Å². The summed E-state index contributed by atoms with van der Waals surface area (Å²) in [5.41, 5.74) is 0.194. The van der Waals surface area contributed by atoms with Crippen LogP contribution in [-0.2, 0) is 0 Å². The molecular formula is C16H15BrFN3O3. The van der Waals surface area contributed by atoms with Gasteiger partial charge >= 0.3 is 5.97 Å². The van der Waals surface area contributed by atoms with E-state index in [2.05, 4.69) is 21.0 Å². The number of piperidine rings is 1. The Bertz CT molecular complexity index is 785. The van der Waals surface area contributed by atoms with Crippen LogP contribution in [0.15, 0.2) is 35.1 Å². The summed E-state index contributed by atoms with van der Waals surface area (Å²) in [4.78, 5) is 25.0. The number of nitrogens with zero attached hydrogens (tertiary/aromatic N) is 3. The minimum absolute atomic E-state index is 0.0366. The summed E-state index contributed by atoms with van der Waals surface area (Å²) in [6.45, 7) is 0.940.